The second-order valence-corrected chi connectivity index (χ2v) is 6.08. The molecule has 2 heteroatoms. The molecule has 0 heterocycles. The maximum atomic E-state index is 11.6. The van der Waals surface area contributed by atoms with Crippen LogP contribution in [0.3, 0.4) is 0 Å². The largest absolute Gasteiger partial charge is 0.456 e. The average Bonchev–Trinajstić information content (AvgIpc) is 2.30. The maximum Gasteiger partial charge on any atom is 0.330 e. The topological polar surface area (TPSA) is 26.3 Å². The molecule has 2 saturated carbocycles. The number of fused-ring (bicyclic) bond motifs is 2. The van der Waals surface area contributed by atoms with E-state index in [0.717, 1.165) is 25.2 Å². The summed E-state index contributed by atoms with van der Waals surface area (Å²) in [6, 6.07) is 0. The third kappa shape index (κ3) is 3.60. The summed E-state index contributed by atoms with van der Waals surface area (Å²) in [6.45, 7) is 3.54. The van der Waals surface area contributed by atoms with Crippen molar-refractivity contribution in [1.29, 1.82) is 0 Å². The van der Waals surface area contributed by atoms with E-state index in [-0.39, 0.29) is 11.6 Å². The van der Waals surface area contributed by atoms with Crippen LogP contribution >= 0.6 is 0 Å². The Bertz CT molecular complexity index is 281. The van der Waals surface area contributed by atoms with Crippen LogP contribution in [0.25, 0.3) is 0 Å². The van der Waals surface area contributed by atoms with Crippen LogP contribution in [0, 0.1) is 5.92 Å². The van der Waals surface area contributed by atoms with E-state index in [1.807, 2.05) is 0 Å². The fraction of sp³-hybridized carbons (Fsp3) is 0.812. The van der Waals surface area contributed by atoms with Gasteiger partial charge in [-0.3, -0.25) is 0 Å². The van der Waals surface area contributed by atoms with Gasteiger partial charge in [-0.15, -0.1) is 0 Å². The molecule has 0 N–H and O–H groups in total. The lowest BCUT2D eigenvalue weighted by molar-refractivity contribution is -0.159. The highest BCUT2D eigenvalue weighted by atomic mass is 16.6. The molecule has 0 atom stereocenters. The highest BCUT2D eigenvalue weighted by molar-refractivity contribution is 5.81. The van der Waals surface area contributed by atoms with Crippen molar-refractivity contribution in [2.75, 3.05) is 0 Å². The van der Waals surface area contributed by atoms with Crippen LogP contribution in [0.5, 0.6) is 0 Å². The second-order valence-electron chi connectivity index (χ2n) is 6.08. The van der Waals surface area contributed by atoms with Crippen LogP contribution in [-0.2, 0) is 9.53 Å². The number of hydrogen-bond acceptors (Lipinski definition) is 2. The van der Waals surface area contributed by atoms with Crippen molar-refractivity contribution in [3.05, 3.63) is 12.7 Å². The van der Waals surface area contributed by atoms with Crippen LogP contribution in [-0.4, -0.2) is 11.6 Å². The summed E-state index contributed by atoms with van der Waals surface area (Å²) in [5.74, 6) is 0.540. The zero-order valence-corrected chi connectivity index (χ0v) is 11.5. The molecule has 2 rings (SSSR count). The van der Waals surface area contributed by atoms with Crippen LogP contribution in [0.15, 0.2) is 12.7 Å². The van der Waals surface area contributed by atoms with E-state index in [1.54, 1.807) is 0 Å². The molecular formula is C16H26O2. The van der Waals surface area contributed by atoms with Gasteiger partial charge in [-0.2, -0.15) is 0 Å². The fourth-order valence-corrected chi connectivity index (χ4v) is 3.72. The SMILES string of the molecule is C=CC(=O)OC12CCCCCC(CCCCC1)C2. The van der Waals surface area contributed by atoms with Crippen LogP contribution < -0.4 is 0 Å². The maximum absolute atomic E-state index is 11.6. The monoisotopic (exact) mass is 250 g/mol. The van der Waals surface area contributed by atoms with Gasteiger partial charge in [0.05, 0.1) is 0 Å². The highest BCUT2D eigenvalue weighted by Gasteiger charge is 2.37. The van der Waals surface area contributed by atoms with Gasteiger partial charge in [0.1, 0.15) is 5.60 Å². The molecule has 0 aromatic carbocycles. The first-order valence-electron chi connectivity index (χ1n) is 7.59. The molecule has 2 aliphatic rings. The first-order valence-corrected chi connectivity index (χ1v) is 7.59. The van der Waals surface area contributed by atoms with Crippen LogP contribution in [0.1, 0.15) is 70.6 Å². The summed E-state index contributed by atoms with van der Waals surface area (Å²) in [6.07, 6.45) is 14.9. The highest BCUT2D eigenvalue weighted by Crippen LogP contribution is 2.40. The zero-order valence-electron chi connectivity index (χ0n) is 11.5. The Labute approximate surface area is 111 Å². The Kier molecular flexibility index (Phi) is 4.85. The van der Waals surface area contributed by atoms with Gasteiger partial charge < -0.3 is 4.74 Å². The predicted molar refractivity (Wildman–Crippen MR) is 73.3 cm³/mol. The normalized spacial score (nSPS) is 33.4. The van der Waals surface area contributed by atoms with Gasteiger partial charge in [-0.25, -0.2) is 4.79 Å². The molecule has 0 aromatic heterocycles. The number of hydrogen-bond donors (Lipinski definition) is 0. The minimum atomic E-state index is -0.227. The summed E-state index contributed by atoms with van der Waals surface area (Å²) in [4.78, 5) is 11.6. The summed E-state index contributed by atoms with van der Waals surface area (Å²) in [7, 11) is 0. The third-order valence-corrected chi connectivity index (χ3v) is 4.63. The van der Waals surface area contributed by atoms with Gasteiger partial charge in [0.2, 0.25) is 0 Å². The van der Waals surface area contributed by atoms with Crippen molar-refractivity contribution in [3.8, 4) is 0 Å². The molecule has 0 radical (unpaired) electrons. The molecule has 102 valence electrons. The smallest absolute Gasteiger partial charge is 0.330 e. The van der Waals surface area contributed by atoms with Crippen LogP contribution in [0.4, 0.5) is 0 Å². The van der Waals surface area contributed by atoms with Gasteiger partial charge in [-0.05, 0) is 38.0 Å². The molecule has 0 unspecified atom stereocenters. The van der Waals surface area contributed by atoms with Gasteiger partial charge >= 0.3 is 5.97 Å². The number of carbonyl (C=O) groups excluding carboxylic acids is 1. The van der Waals surface area contributed by atoms with E-state index in [2.05, 4.69) is 6.58 Å². The quantitative estimate of drug-likeness (QED) is 0.536. The Morgan fingerprint density at radius 1 is 1.06 bits per heavy atom. The van der Waals surface area contributed by atoms with E-state index >= 15 is 0 Å². The summed E-state index contributed by atoms with van der Waals surface area (Å²) in [5, 5.41) is 0. The molecule has 0 spiro atoms. The summed E-state index contributed by atoms with van der Waals surface area (Å²) < 4.78 is 5.81. The van der Waals surface area contributed by atoms with Crippen molar-refractivity contribution >= 4 is 5.97 Å². The van der Waals surface area contributed by atoms with E-state index in [4.69, 9.17) is 4.74 Å². The summed E-state index contributed by atoms with van der Waals surface area (Å²) >= 11 is 0. The molecule has 2 aliphatic carbocycles. The predicted octanol–water partition coefficient (Wildman–Crippen LogP) is 4.39. The molecule has 18 heavy (non-hydrogen) atoms. The number of ether oxygens (including phenoxy) is 1. The van der Waals surface area contributed by atoms with Crippen LogP contribution in [0.2, 0.25) is 0 Å². The Balaban J connectivity index is 2.12. The molecule has 0 aromatic rings. The standard InChI is InChI=1S/C16H26O2/c1-2-15(17)18-16-11-7-3-5-9-14(13-16)10-6-4-8-12-16/h2,14H,1,3-13H2. The minimum absolute atomic E-state index is 0.170. The van der Waals surface area contributed by atoms with E-state index in [9.17, 15) is 4.79 Å². The molecular weight excluding hydrogens is 224 g/mol. The van der Waals surface area contributed by atoms with Crippen molar-refractivity contribution in [3.63, 3.8) is 0 Å². The fourth-order valence-electron chi connectivity index (χ4n) is 3.72. The van der Waals surface area contributed by atoms with Crippen molar-refractivity contribution in [1.82, 2.24) is 0 Å². The lowest BCUT2D eigenvalue weighted by Gasteiger charge is -2.39. The van der Waals surface area contributed by atoms with Crippen molar-refractivity contribution in [2.45, 2.75) is 76.2 Å². The van der Waals surface area contributed by atoms with E-state index < -0.39 is 0 Å². The minimum Gasteiger partial charge on any atom is -0.456 e. The average molecular weight is 250 g/mol. The molecule has 2 fully saturated rings. The molecule has 0 amide bonds. The molecule has 0 aliphatic heterocycles. The van der Waals surface area contributed by atoms with Gasteiger partial charge in [0.25, 0.3) is 0 Å². The molecule has 0 saturated heterocycles. The number of carbonyl (C=O) groups is 1. The Morgan fingerprint density at radius 3 is 2.22 bits per heavy atom. The van der Waals surface area contributed by atoms with Gasteiger partial charge in [0.15, 0.2) is 0 Å². The Hall–Kier alpha value is -0.790. The summed E-state index contributed by atoms with van der Waals surface area (Å²) in [5.41, 5.74) is -0.170. The van der Waals surface area contributed by atoms with Gasteiger partial charge in [0, 0.05) is 6.08 Å². The van der Waals surface area contributed by atoms with E-state index in [0.29, 0.717) is 0 Å². The first-order chi connectivity index (χ1) is 8.74. The Morgan fingerprint density at radius 2 is 1.67 bits per heavy atom. The second kappa shape index (κ2) is 6.40. The first kappa shape index (κ1) is 13.6. The zero-order chi connectivity index (χ0) is 12.8. The van der Waals surface area contributed by atoms with Crippen molar-refractivity contribution in [2.24, 2.45) is 5.92 Å². The lowest BCUT2D eigenvalue weighted by atomic mass is 9.74. The van der Waals surface area contributed by atoms with Crippen molar-refractivity contribution < 1.29 is 9.53 Å². The lowest BCUT2D eigenvalue weighted by Crippen LogP contribution is -2.38. The molecule has 2 nitrogen and oxygen atoms in total. The van der Waals surface area contributed by atoms with Gasteiger partial charge in [-0.1, -0.05) is 45.1 Å². The van der Waals surface area contributed by atoms with E-state index in [1.165, 1.54) is 57.4 Å². The number of rotatable bonds is 2. The number of esters is 1. The molecule has 2 bridgehead atoms. The third-order valence-electron chi connectivity index (χ3n) is 4.63.